The molecule has 3 nitrogen and oxygen atoms in total. The Morgan fingerprint density at radius 3 is 2.88 bits per heavy atom. The Hall–Kier alpha value is -0.580. The van der Waals surface area contributed by atoms with E-state index in [0.717, 1.165) is 22.1 Å². The van der Waals surface area contributed by atoms with E-state index >= 15 is 0 Å². The summed E-state index contributed by atoms with van der Waals surface area (Å²) >= 11 is 7.30. The maximum absolute atomic E-state index is 11.6. The van der Waals surface area contributed by atoms with Gasteiger partial charge in [-0.1, -0.05) is 18.5 Å². The normalized spacial score (nSPS) is 12.4. The molecule has 1 atom stereocenters. The lowest BCUT2D eigenvalue weighted by Gasteiger charge is -2.09. The van der Waals surface area contributed by atoms with Crippen LogP contribution in [0.5, 0.6) is 0 Å². The van der Waals surface area contributed by atoms with Gasteiger partial charge in [-0.25, -0.2) is 0 Å². The number of nitrogens with two attached hydrogens (primary N) is 1. The second kappa shape index (κ2) is 7.69. The summed E-state index contributed by atoms with van der Waals surface area (Å²) in [6.07, 6.45) is 2.45. The summed E-state index contributed by atoms with van der Waals surface area (Å²) in [7, 11) is 0. The van der Waals surface area contributed by atoms with Crippen LogP contribution < -0.4 is 11.1 Å². The third kappa shape index (κ3) is 6.05. The summed E-state index contributed by atoms with van der Waals surface area (Å²) in [5.41, 5.74) is 5.46. The Morgan fingerprint density at radius 1 is 1.53 bits per heavy atom. The Bertz CT molecular complexity index is 354. The van der Waals surface area contributed by atoms with E-state index in [-0.39, 0.29) is 5.91 Å². The predicted molar refractivity (Wildman–Crippen MR) is 73.2 cm³/mol. The molecule has 0 saturated carbocycles. The number of nitrogens with one attached hydrogen (secondary N) is 1. The average Bonchev–Trinajstić information content (AvgIpc) is 2.70. The molecule has 1 unspecified atom stereocenters. The van der Waals surface area contributed by atoms with Crippen molar-refractivity contribution < 1.29 is 4.79 Å². The van der Waals surface area contributed by atoms with E-state index in [1.54, 1.807) is 0 Å². The van der Waals surface area contributed by atoms with Gasteiger partial charge in [0.2, 0.25) is 5.91 Å². The van der Waals surface area contributed by atoms with E-state index in [1.807, 2.05) is 12.1 Å². The van der Waals surface area contributed by atoms with Crippen LogP contribution in [0.3, 0.4) is 0 Å². The lowest BCUT2D eigenvalue weighted by molar-refractivity contribution is -0.121. The van der Waals surface area contributed by atoms with Gasteiger partial charge in [-0.2, -0.15) is 0 Å². The zero-order chi connectivity index (χ0) is 12.7. The highest BCUT2D eigenvalue weighted by molar-refractivity contribution is 7.16. The first-order valence-corrected chi connectivity index (χ1v) is 7.02. The third-order valence-corrected chi connectivity index (χ3v) is 3.84. The summed E-state index contributed by atoms with van der Waals surface area (Å²) in [6, 6.07) is 3.78. The molecule has 0 aliphatic rings. The lowest BCUT2D eigenvalue weighted by Crippen LogP contribution is -2.22. The number of hydrogen-bond acceptors (Lipinski definition) is 3. The molecule has 0 aromatic carbocycles. The predicted octanol–water partition coefficient (Wildman–Crippen LogP) is 2.78. The third-order valence-electron chi connectivity index (χ3n) is 2.61. The molecule has 1 aromatic heterocycles. The molecular formula is C12H19ClN2OS. The van der Waals surface area contributed by atoms with Gasteiger partial charge in [-0.05, 0) is 37.4 Å². The maximum atomic E-state index is 11.6. The van der Waals surface area contributed by atoms with Gasteiger partial charge in [0.25, 0.3) is 0 Å². The number of carbonyl (C=O) groups is 1. The topological polar surface area (TPSA) is 55.1 Å². The highest BCUT2D eigenvalue weighted by Gasteiger charge is 2.06. The zero-order valence-corrected chi connectivity index (χ0v) is 11.6. The van der Waals surface area contributed by atoms with Crippen LogP contribution in [0.2, 0.25) is 4.34 Å². The fraction of sp³-hybridized carbons (Fsp3) is 0.583. The van der Waals surface area contributed by atoms with Crippen LogP contribution in [0.1, 0.15) is 31.1 Å². The molecule has 0 aliphatic heterocycles. The molecule has 0 fully saturated rings. The minimum absolute atomic E-state index is 0.0957. The first kappa shape index (κ1) is 14.5. The fourth-order valence-electron chi connectivity index (χ4n) is 1.53. The van der Waals surface area contributed by atoms with Crippen molar-refractivity contribution in [3.05, 3.63) is 21.3 Å². The van der Waals surface area contributed by atoms with Crippen molar-refractivity contribution in [2.24, 2.45) is 11.7 Å². The molecule has 0 bridgehead atoms. The quantitative estimate of drug-likeness (QED) is 0.803. The van der Waals surface area contributed by atoms with Crippen LogP contribution in [0.4, 0.5) is 0 Å². The number of thiophene rings is 1. The van der Waals surface area contributed by atoms with Crippen molar-refractivity contribution in [1.82, 2.24) is 5.32 Å². The van der Waals surface area contributed by atoms with Gasteiger partial charge in [0.15, 0.2) is 0 Å². The smallest absolute Gasteiger partial charge is 0.220 e. The summed E-state index contributed by atoms with van der Waals surface area (Å²) in [6.45, 7) is 3.39. The van der Waals surface area contributed by atoms with Crippen LogP contribution in [0.25, 0.3) is 0 Å². The van der Waals surface area contributed by atoms with E-state index in [0.29, 0.717) is 25.4 Å². The molecule has 0 saturated heterocycles. The molecule has 96 valence electrons. The molecule has 1 aromatic rings. The number of rotatable bonds is 7. The molecule has 5 heteroatoms. The molecular weight excluding hydrogens is 256 g/mol. The number of amides is 1. The number of halogens is 1. The van der Waals surface area contributed by atoms with Crippen LogP contribution in [0, 0.1) is 5.92 Å². The van der Waals surface area contributed by atoms with Gasteiger partial charge < -0.3 is 11.1 Å². The Morgan fingerprint density at radius 2 is 2.29 bits per heavy atom. The van der Waals surface area contributed by atoms with Gasteiger partial charge in [0.1, 0.15) is 0 Å². The van der Waals surface area contributed by atoms with Gasteiger partial charge in [-0.3, -0.25) is 4.79 Å². The summed E-state index contributed by atoms with van der Waals surface area (Å²) in [5.74, 6) is 0.611. The van der Waals surface area contributed by atoms with Crippen LogP contribution in [0.15, 0.2) is 12.1 Å². The van der Waals surface area contributed by atoms with Crippen LogP contribution >= 0.6 is 22.9 Å². The van der Waals surface area contributed by atoms with Crippen LogP contribution in [-0.4, -0.2) is 12.5 Å². The van der Waals surface area contributed by atoms with Gasteiger partial charge >= 0.3 is 0 Å². The van der Waals surface area contributed by atoms with Crippen molar-refractivity contribution in [3.63, 3.8) is 0 Å². The zero-order valence-electron chi connectivity index (χ0n) is 10.0. The number of carbonyl (C=O) groups excluding carboxylic acids is 1. The monoisotopic (exact) mass is 274 g/mol. The second-order valence-electron chi connectivity index (χ2n) is 4.20. The summed E-state index contributed by atoms with van der Waals surface area (Å²) < 4.78 is 0.755. The van der Waals surface area contributed by atoms with Gasteiger partial charge in [0.05, 0.1) is 10.9 Å². The van der Waals surface area contributed by atoms with Crippen molar-refractivity contribution in [2.75, 3.05) is 6.54 Å². The molecule has 1 rings (SSSR count). The Balaban J connectivity index is 2.17. The Kier molecular flexibility index (Phi) is 6.55. The van der Waals surface area contributed by atoms with Crippen molar-refractivity contribution >= 4 is 28.8 Å². The van der Waals surface area contributed by atoms with E-state index < -0.39 is 0 Å². The highest BCUT2D eigenvalue weighted by atomic mass is 35.5. The first-order valence-electron chi connectivity index (χ1n) is 5.82. The molecule has 1 amide bonds. The Labute approximate surface area is 111 Å². The van der Waals surface area contributed by atoms with Crippen molar-refractivity contribution in [1.29, 1.82) is 0 Å². The standard InChI is InChI=1S/C12H19ClN2OS/c1-9(6-7-14)2-5-12(16)15-8-10-3-4-11(13)17-10/h3-4,9H,2,5-8,14H2,1H3,(H,15,16). The van der Waals surface area contributed by atoms with Crippen molar-refractivity contribution in [3.8, 4) is 0 Å². The van der Waals surface area contributed by atoms with Crippen LogP contribution in [-0.2, 0) is 11.3 Å². The first-order chi connectivity index (χ1) is 8.11. The largest absolute Gasteiger partial charge is 0.351 e. The molecule has 3 N–H and O–H groups in total. The summed E-state index contributed by atoms with van der Waals surface area (Å²) in [5, 5.41) is 2.89. The molecule has 0 spiro atoms. The van der Waals surface area contributed by atoms with Gasteiger partial charge in [-0.15, -0.1) is 11.3 Å². The number of hydrogen-bond donors (Lipinski definition) is 2. The van der Waals surface area contributed by atoms with E-state index in [1.165, 1.54) is 11.3 Å². The fourth-order valence-corrected chi connectivity index (χ4v) is 2.55. The lowest BCUT2D eigenvalue weighted by atomic mass is 10.0. The maximum Gasteiger partial charge on any atom is 0.220 e. The molecule has 0 radical (unpaired) electrons. The minimum Gasteiger partial charge on any atom is -0.351 e. The summed E-state index contributed by atoms with van der Waals surface area (Å²) in [4.78, 5) is 12.6. The van der Waals surface area contributed by atoms with E-state index in [4.69, 9.17) is 17.3 Å². The van der Waals surface area contributed by atoms with E-state index in [2.05, 4.69) is 12.2 Å². The molecule has 1 heterocycles. The van der Waals surface area contributed by atoms with E-state index in [9.17, 15) is 4.79 Å². The van der Waals surface area contributed by atoms with Crippen molar-refractivity contribution in [2.45, 2.75) is 32.7 Å². The average molecular weight is 275 g/mol. The van der Waals surface area contributed by atoms with Gasteiger partial charge in [0, 0.05) is 11.3 Å². The SMILES string of the molecule is CC(CCN)CCC(=O)NCc1ccc(Cl)s1. The highest BCUT2D eigenvalue weighted by Crippen LogP contribution is 2.21. The molecule has 0 aliphatic carbocycles. The second-order valence-corrected chi connectivity index (χ2v) is 6.00. The minimum atomic E-state index is 0.0957. The molecule has 17 heavy (non-hydrogen) atoms.